The van der Waals surface area contributed by atoms with E-state index in [2.05, 4.69) is 0 Å². The van der Waals surface area contributed by atoms with E-state index < -0.39 is 44.9 Å². The average molecular weight is 307 g/mol. The summed E-state index contributed by atoms with van der Waals surface area (Å²) in [5.74, 6) is -4.14. The molecule has 0 saturated heterocycles. The first kappa shape index (κ1) is 14.4. The lowest BCUT2D eigenvalue weighted by atomic mass is 10.3. The van der Waals surface area contributed by atoms with Crippen molar-refractivity contribution in [2.45, 2.75) is 11.7 Å². The number of sulfonamides is 1. The van der Waals surface area contributed by atoms with Gasteiger partial charge < -0.3 is 9.52 Å². The summed E-state index contributed by atoms with van der Waals surface area (Å²) in [7, 11) is -4.31. The zero-order valence-corrected chi connectivity index (χ0v) is 10.5. The van der Waals surface area contributed by atoms with E-state index in [-0.39, 0.29) is 11.8 Å². The van der Waals surface area contributed by atoms with Crippen molar-refractivity contribution in [3.8, 4) is 0 Å². The van der Waals surface area contributed by atoms with Crippen molar-refractivity contribution in [2.75, 3.05) is 4.72 Å². The maximum Gasteiger partial charge on any atom is 0.295 e. The summed E-state index contributed by atoms with van der Waals surface area (Å²) < 4.78 is 69.1. The van der Waals surface area contributed by atoms with Gasteiger partial charge in [-0.1, -0.05) is 0 Å². The maximum absolute atomic E-state index is 13.3. The second-order valence-electron chi connectivity index (χ2n) is 3.73. The SMILES string of the molecule is O=S(=O)(Nc1cc(F)c(F)cc1F)c1ccc(CO)o1. The molecule has 1 aromatic carbocycles. The van der Waals surface area contributed by atoms with Gasteiger partial charge in [0.05, 0.1) is 5.69 Å². The fourth-order valence-electron chi connectivity index (χ4n) is 1.38. The van der Waals surface area contributed by atoms with Crippen LogP contribution in [0, 0.1) is 17.5 Å². The fourth-order valence-corrected chi connectivity index (χ4v) is 2.39. The quantitative estimate of drug-likeness (QED) is 0.847. The van der Waals surface area contributed by atoms with Gasteiger partial charge in [0, 0.05) is 12.1 Å². The number of rotatable bonds is 4. The monoisotopic (exact) mass is 307 g/mol. The molecule has 0 fully saturated rings. The van der Waals surface area contributed by atoms with Crippen molar-refractivity contribution in [3.05, 3.63) is 47.5 Å². The third-order valence-electron chi connectivity index (χ3n) is 2.31. The lowest BCUT2D eigenvalue weighted by Gasteiger charge is -2.07. The molecule has 0 bridgehead atoms. The van der Waals surface area contributed by atoms with Crippen LogP contribution in [0.2, 0.25) is 0 Å². The fraction of sp³-hybridized carbons (Fsp3) is 0.0909. The zero-order valence-electron chi connectivity index (χ0n) is 9.73. The minimum absolute atomic E-state index is 0.0175. The molecule has 5 nitrogen and oxygen atoms in total. The van der Waals surface area contributed by atoms with Crippen LogP contribution >= 0.6 is 0 Å². The van der Waals surface area contributed by atoms with Gasteiger partial charge in [0.15, 0.2) is 11.6 Å². The number of hydrogen-bond donors (Lipinski definition) is 2. The third-order valence-corrected chi connectivity index (χ3v) is 3.55. The van der Waals surface area contributed by atoms with Crippen LogP contribution in [0.4, 0.5) is 18.9 Å². The number of halogens is 3. The molecule has 0 aliphatic carbocycles. The second-order valence-corrected chi connectivity index (χ2v) is 5.34. The number of anilines is 1. The van der Waals surface area contributed by atoms with Gasteiger partial charge in [-0.3, -0.25) is 4.72 Å². The molecular weight excluding hydrogens is 299 g/mol. The molecule has 2 rings (SSSR count). The van der Waals surface area contributed by atoms with Gasteiger partial charge in [-0.15, -0.1) is 0 Å². The van der Waals surface area contributed by atoms with Gasteiger partial charge in [0.25, 0.3) is 10.0 Å². The molecule has 0 saturated carbocycles. The molecule has 1 aromatic heterocycles. The number of furan rings is 1. The van der Waals surface area contributed by atoms with Gasteiger partial charge >= 0.3 is 0 Å². The Labute approximate surface area is 111 Å². The number of aliphatic hydroxyl groups excluding tert-OH is 1. The van der Waals surface area contributed by atoms with E-state index in [1.54, 1.807) is 4.72 Å². The summed E-state index contributed by atoms with van der Waals surface area (Å²) in [6.07, 6.45) is 0. The summed E-state index contributed by atoms with van der Waals surface area (Å²) in [6, 6.07) is 2.83. The highest BCUT2D eigenvalue weighted by Crippen LogP contribution is 2.23. The minimum Gasteiger partial charge on any atom is -0.445 e. The van der Waals surface area contributed by atoms with Crippen LogP contribution in [0.25, 0.3) is 0 Å². The van der Waals surface area contributed by atoms with E-state index >= 15 is 0 Å². The second kappa shape index (κ2) is 5.17. The number of hydrogen-bond acceptors (Lipinski definition) is 4. The Hall–Kier alpha value is -2.00. The van der Waals surface area contributed by atoms with E-state index in [0.717, 1.165) is 6.07 Å². The van der Waals surface area contributed by atoms with E-state index in [4.69, 9.17) is 9.52 Å². The molecule has 2 aromatic rings. The van der Waals surface area contributed by atoms with Crippen LogP contribution in [0.15, 0.2) is 33.8 Å². The highest BCUT2D eigenvalue weighted by atomic mass is 32.2. The molecule has 0 atom stereocenters. The Morgan fingerprint density at radius 3 is 2.35 bits per heavy atom. The van der Waals surface area contributed by atoms with Crippen molar-refractivity contribution >= 4 is 15.7 Å². The van der Waals surface area contributed by atoms with Gasteiger partial charge in [0.2, 0.25) is 5.09 Å². The molecule has 0 aliphatic heterocycles. The van der Waals surface area contributed by atoms with E-state index in [1.165, 1.54) is 6.07 Å². The maximum atomic E-state index is 13.3. The number of benzene rings is 1. The summed E-state index contributed by atoms with van der Waals surface area (Å²) in [4.78, 5) is 0. The van der Waals surface area contributed by atoms with Crippen molar-refractivity contribution < 1.29 is 31.1 Å². The molecule has 0 amide bonds. The Kier molecular flexibility index (Phi) is 3.73. The third kappa shape index (κ3) is 2.78. The van der Waals surface area contributed by atoms with Crippen molar-refractivity contribution in [2.24, 2.45) is 0 Å². The molecule has 9 heteroatoms. The van der Waals surface area contributed by atoms with Crippen LogP contribution in [0.1, 0.15) is 5.76 Å². The van der Waals surface area contributed by atoms with Crippen molar-refractivity contribution in [1.82, 2.24) is 0 Å². The molecule has 1 heterocycles. The van der Waals surface area contributed by atoms with E-state index in [1.807, 2.05) is 0 Å². The summed E-state index contributed by atoms with van der Waals surface area (Å²) in [6.45, 7) is -0.519. The molecular formula is C11H8F3NO4S. The lowest BCUT2D eigenvalue weighted by molar-refractivity contribution is 0.236. The number of aliphatic hydroxyl groups is 1. The summed E-state index contributed by atoms with van der Waals surface area (Å²) in [5, 5.41) is 8.17. The Morgan fingerprint density at radius 1 is 1.10 bits per heavy atom. The summed E-state index contributed by atoms with van der Waals surface area (Å²) >= 11 is 0. The predicted molar refractivity (Wildman–Crippen MR) is 61.8 cm³/mol. The predicted octanol–water partition coefficient (Wildman–Crippen LogP) is 1.99. The zero-order chi connectivity index (χ0) is 14.9. The molecule has 108 valence electrons. The normalized spacial score (nSPS) is 11.6. The molecule has 2 N–H and O–H groups in total. The molecule has 0 radical (unpaired) electrons. The average Bonchev–Trinajstić information content (AvgIpc) is 2.85. The number of nitrogens with one attached hydrogen (secondary N) is 1. The van der Waals surface area contributed by atoms with Crippen LogP contribution in [-0.2, 0) is 16.6 Å². The van der Waals surface area contributed by atoms with E-state index in [0.29, 0.717) is 6.07 Å². The Balaban J connectivity index is 2.35. The molecule has 0 spiro atoms. The highest BCUT2D eigenvalue weighted by Gasteiger charge is 2.21. The molecule has 0 aliphatic rings. The van der Waals surface area contributed by atoms with Crippen LogP contribution in [-0.4, -0.2) is 13.5 Å². The first-order valence-electron chi connectivity index (χ1n) is 5.20. The first-order chi connectivity index (χ1) is 9.33. The van der Waals surface area contributed by atoms with Crippen LogP contribution in [0.3, 0.4) is 0 Å². The van der Waals surface area contributed by atoms with Crippen molar-refractivity contribution in [1.29, 1.82) is 0 Å². The van der Waals surface area contributed by atoms with E-state index in [9.17, 15) is 21.6 Å². The van der Waals surface area contributed by atoms with Crippen molar-refractivity contribution in [3.63, 3.8) is 0 Å². The van der Waals surface area contributed by atoms with Gasteiger partial charge in [-0.25, -0.2) is 13.2 Å². The molecule has 0 unspecified atom stereocenters. The lowest BCUT2D eigenvalue weighted by Crippen LogP contribution is -2.13. The molecule has 20 heavy (non-hydrogen) atoms. The smallest absolute Gasteiger partial charge is 0.295 e. The highest BCUT2D eigenvalue weighted by molar-refractivity contribution is 7.92. The largest absolute Gasteiger partial charge is 0.445 e. The minimum atomic E-state index is -4.31. The van der Waals surface area contributed by atoms with Gasteiger partial charge in [0.1, 0.15) is 18.2 Å². The summed E-state index contributed by atoms with van der Waals surface area (Å²) in [5.41, 5.74) is -0.758. The Bertz CT molecular complexity index is 742. The standard InChI is InChI=1S/C11H8F3NO4S/c12-7-3-9(14)10(4-8(7)13)15-20(17,18)11-2-1-6(5-16)19-11/h1-4,15-16H,5H2. The van der Waals surface area contributed by atoms with Gasteiger partial charge in [-0.2, -0.15) is 8.42 Å². The Morgan fingerprint density at radius 2 is 1.75 bits per heavy atom. The van der Waals surface area contributed by atoms with Crippen LogP contribution in [0.5, 0.6) is 0 Å². The van der Waals surface area contributed by atoms with Gasteiger partial charge in [-0.05, 0) is 12.1 Å². The van der Waals surface area contributed by atoms with Crippen LogP contribution < -0.4 is 4.72 Å². The first-order valence-corrected chi connectivity index (χ1v) is 6.69. The topological polar surface area (TPSA) is 79.5 Å².